The molecule has 1 aliphatic carbocycles. The highest BCUT2D eigenvalue weighted by atomic mass is 32.1. The zero-order valence-electron chi connectivity index (χ0n) is 14.0. The number of anilines is 1. The summed E-state index contributed by atoms with van der Waals surface area (Å²) in [7, 11) is 0. The molecule has 0 atom stereocenters. The molecule has 0 spiro atoms. The standard InChI is InChI=1S/C19H18N4OS/c1-12-9-21-16(10-20-12)18(24)23-19-22-17(11-25-19)15-7-6-13-4-2-3-5-14(13)8-15/h6-11H,2-5H2,1H3,(H,22,23,24). The Hall–Kier alpha value is -2.60. The first-order valence-electron chi connectivity index (χ1n) is 8.37. The minimum Gasteiger partial charge on any atom is -0.296 e. The van der Waals surface area contributed by atoms with Gasteiger partial charge in [0.15, 0.2) is 5.13 Å². The van der Waals surface area contributed by atoms with Crippen LogP contribution in [0.2, 0.25) is 0 Å². The smallest absolute Gasteiger partial charge is 0.277 e. The number of fused-ring (bicyclic) bond motifs is 1. The quantitative estimate of drug-likeness (QED) is 0.774. The SMILES string of the molecule is Cc1cnc(C(=O)Nc2nc(-c3ccc4c(c3)CCCC4)cs2)cn1. The summed E-state index contributed by atoms with van der Waals surface area (Å²) in [5, 5.41) is 5.34. The molecule has 0 unspecified atom stereocenters. The molecule has 25 heavy (non-hydrogen) atoms. The predicted octanol–water partition coefficient (Wildman–Crippen LogP) is 4.04. The van der Waals surface area contributed by atoms with Crippen molar-refractivity contribution in [3.63, 3.8) is 0 Å². The highest BCUT2D eigenvalue weighted by Gasteiger charge is 2.14. The molecule has 0 aliphatic heterocycles. The van der Waals surface area contributed by atoms with Crippen LogP contribution in [0, 0.1) is 6.92 Å². The zero-order valence-corrected chi connectivity index (χ0v) is 14.8. The molecule has 126 valence electrons. The van der Waals surface area contributed by atoms with Crippen molar-refractivity contribution in [2.24, 2.45) is 0 Å². The molecule has 0 saturated heterocycles. The summed E-state index contributed by atoms with van der Waals surface area (Å²) >= 11 is 1.42. The Morgan fingerprint density at radius 1 is 1.12 bits per heavy atom. The van der Waals surface area contributed by atoms with E-state index in [1.165, 1.54) is 47.9 Å². The van der Waals surface area contributed by atoms with E-state index in [1.807, 2.05) is 12.3 Å². The fourth-order valence-electron chi connectivity index (χ4n) is 3.03. The Bertz CT molecular complexity index is 917. The first-order valence-corrected chi connectivity index (χ1v) is 9.25. The molecule has 2 heterocycles. The van der Waals surface area contributed by atoms with E-state index in [1.54, 1.807) is 6.20 Å². The lowest BCUT2D eigenvalue weighted by atomic mass is 9.90. The zero-order chi connectivity index (χ0) is 17.2. The second-order valence-electron chi connectivity index (χ2n) is 6.23. The van der Waals surface area contributed by atoms with Crippen LogP contribution >= 0.6 is 11.3 Å². The van der Waals surface area contributed by atoms with Crippen LogP contribution in [-0.2, 0) is 12.8 Å². The van der Waals surface area contributed by atoms with Gasteiger partial charge in [-0.15, -0.1) is 11.3 Å². The van der Waals surface area contributed by atoms with Gasteiger partial charge in [0, 0.05) is 17.1 Å². The van der Waals surface area contributed by atoms with Gasteiger partial charge >= 0.3 is 0 Å². The number of amides is 1. The number of aromatic nitrogens is 3. The van der Waals surface area contributed by atoms with Gasteiger partial charge in [0.2, 0.25) is 0 Å². The Kier molecular flexibility index (Phi) is 4.28. The molecular weight excluding hydrogens is 332 g/mol. The van der Waals surface area contributed by atoms with Gasteiger partial charge in [-0.25, -0.2) is 9.97 Å². The Labute approximate surface area is 150 Å². The van der Waals surface area contributed by atoms with E-state index in [0.717, 1.165) is 23.4 Å². The fourth-order valence-corrected chi connectivity index (χ4v) is 3.74. The van der Waals surface area contributed by atoms with E-state index >= 15 is 0 Å². The summed E-state index contributed by atoms with van der Waals surface area (Å²) < 4.78 is 0. The highest BCUT2D eigenvalue weighted by molar-refractivity contribution is 7.14. The van der Waals surface area contributed by atoms with Gasteiger partial charge < -0.3 is 0 Å². The van der Waals surface area contributed by atoms with Gasteiger partial charge in [-0.05, 0) is 49.8 Å². The third-order valence-corrected chi connectivity index (χ3v) is 5.14. The summed E-state index contributed by atoms with van der Waals surface area (Å²) in [6, 6.07) is 6.57. The van der Waals surface area contributed by atoms with Gasteiger partial charge in [-0.3, -0.25) is 15.1 Å². The highest BCUT2D eigenvalue weighted by Crippen LogP contribution is 2.29. The van der Waals surface area contributed by atoms with Crippen LogP contribution in [0.3, 0.4) is 0 Å². The van der Waals surface area contributed by atoms with E-state index < -0.39 is 0 Å². The Morgan fingerprint density at radius 2 is 1.96 bits per heavy atom. The molecule has 6 heteroatoms. The maximum absolute atomic E-state index is 12.2. The van der Waals surface area contributed by atoms with Crippen LogP contribution in [-0.4, -0.2) is 20.9 Å². The molecule has 0 saturated carbocycles. The minimum atomic E-state index is -0.293. The van der Waals surface area contributed by atoms with Crippen molar-refractivity contribution in [1.82, 2.24) is 15.0 Å². The van der Waals surface area contributed by atoms with E-state index in [9.17, 15) is 4.79 Å². The molecule has 0 fully saturated rings. The van der Waals surface area contributed by atoms with Gasteiger partial charge in [0.1, 0.15) is 5.69 Å². The van der Waals surface area contributed by atoms with Crippen molar-refractivity contribution in [2.75, 3.05) is 5.32 Å². The lowest BCUT2D eigenvalue weighted by Crippen LogP contribution is -2.14. The second kappa shape index (κ2) is 6.72. The lowest BCUT2D eigenvalue weighted by molar-refractivity contribution is 0.102. The Balaban J connectivity index is 1.52. The van der Waals surface area contributed by atoms with E-state index in [0.29, 0.717) is 5.13 Å². The largest absolute Gasteiger partial charge is 0.296 e. The summed E-state index contributed by atoms with van der Waals surface area (Å²) in [5.74, 6) is -0.293. The summed E-state index contributed by atoms with van der Waals surface area (Å²) in [4.78, 5) is 25.0. The number of thiazole rings is 1. The van der Waals surface area contributed by atoms with Crippen molar-refractivity contribution >= 4 is 22.4 Å². The maximum atomic E-state index is 12.2. The fraction of sp³-hybridized carbons (Fsp3) is 0.263. The number of hydrogen-bond donors (Lipinski definition) is 1. The molecule has 1 aromatic carbocycles. The van der Waals surface area contributed by atoms with Crippen molar-refractivity contribution in [3.8, 4) is 11.3 Å². The van der Waals surface area contributed by atoms with E-state index in [2.05, 4.69) is 38.5 Å². The van der Waals surface area contributed by atoms with Crippen LogP contribution in [0.4, 0.5) is 5.13 Å². The third-order valence-electron chi connectivity index (χ3n) is 4.38. The van der Waals surface area contributed by atoms with Crippen molar-refractivity contribution in [1.29, 1.82) is 0 Å². The minimum absolute atomic E-state index is 0.288. The number of rotatable bonds is 3. The number of benzene rings is 1. The molecule has 0 bridgehead atoms. The number of nitrogens with zero attached hydrogens (tertiary/aromatic N) is 3. The van der Waals surface area contributed by atoms with Crippen molar-refractivity contribution in [2.45, 2.75) is 32.6 Å². The predicted molar refractivity (Wildman–Crippen MR) is 98.9 cm³/mol. The number of nitrogens with one attached hydrogen (secondary N) is 1. The first-order chi connectivity index (χ1) is 12.2. The van der Waals surface area contributed by atoms with E-state index in [-0.39, 0.29) is 11.6 Å². The average Bonchev–Trinajstić information content (AvgIpc) is 3.10. The molecule has 5 nitrogen and oxygen atoms in total. The summed E-state index contributed by atoms with van der Waals surface area (Å²) in [6.07, 6.45) is 7.90. The van der Waals surface area contributed by atoms with Gasteiger partial charge in [0.25, 0.3) is 5.91 Å². The monoisotopic (exact) mass is 350 g/mol. The van der Waals surface area contributed by atoms with Crippen LogP contribution in [0.1, 0.15) is 40.2 Å². The lowest BCUT2D eigenvalue weighted by Gasteiger charge is -2.16. The van der Waals surface area contributed by atoms with E-state index in [4.69, 9.17) is 0 Å². The number of aryl methyl sites for hydroxylation is 3. The van der Waals surface area contributed by atoms with Gasteiger partial charge in [-0.1, -0.05) is 12.1 Å². The molecule has 3 aromatic rings. The number of carbonyl (C=O) groups is 1. The summed E-state index contributed by atoms with van der Waals surface area (Å²) in [6.45, 7) is 1.83. The number of carbonyl (C=O) groups excluding carboxylic acids is 1. The molecule has 1 aliphatic rings. The van der Waals surface area contributed by atoms with Crippen LogP contribution in [0.15, 0.2) is 36.0 Å². The summed E-state index contributed by atoms with van der Waals surface area (Å²) in [5.41, 5.74) is 5.95. The molecule has 4 rings (SSSR count). The second-order valence-corrected chi connectivity index (χ2v) is 7.08. The maximum Gasteiger partial charge on any atom is 0.277 e. The van der Waals surface area contributed by atoms with Gasteiger partial charge in [0.05, 0.1) is 17.6 Å². The topological polar surface area (TPSA) is 67.8 Å². The molecule has 0 radical (unpaired) electrons. The van der Waals surface area contributed by atoms with Gasteiger partial charge in [-0.2, -0.15) is 0 Å². The van der Waals surface area contributed by atoms with Crippen LogP contribution in [0.25, 0.3) is 11.3 Å². The third kappa shape index (κ3) is 3.44. The average molecular weight is 350 g/mol. The molecule has 1 amide bonds. The normalized spacial score (nSPS) is 13.3. The van der Waals surface area contributed by atoms with Crippen LogP contribution < -0.4 is 5.32 Å². The Morgan fingerprint density at radius 3 is 2.76 bits per heavy atom. The van der Waals surface area contributed by atoms with Crippen molar-refractivity contribution in [3.05, 3.63) is 58.5 Å². The number of hydrogen-bond acceptors (Lipinski definition) is 5. The molecule has 1 N–H and O–H groups in total. The molecule has 2 aromatic heterocycles. The molecular formula is C19H18N4OS. The van der Waals surface area contributed by atoms with Crippen molar-refractivity contribution < 1.29 is 4.79 Å². The first kappa shape index (κ1) is 15.9. The van der Waals surface area contributed by atoms with Crippen LogP contribution in [0.5, 0.6) is 0 Å².